The maximum Gasteiger partial charge on any atom is 0.336 e. The van der Waals surface area contributed by atoms with E-state index in [1.54, 1.807) is 12.1 Å². The number of nitrogens with zero attached hydrogens (tertiary/aromatic N) is 2. The number of halogens is 1. The summed E-state index contributed by atoms with van der Waals surface area (Å²) in [6.45, 7) is 2.95. The molecule has 106 valence electrons. The zero-order valence-electron chi connectivity index (χ0n) is 11.3. The van der Waals surface area contributed by atoms with Crippen LogP contribution in [0.15, 0.2) is 18.2 Å². The predicted molar refractivity (Wildman–Crippen MR) is 74.7 cm³/mol. The van der Waals surface area contributed by atoms with Gasteiger partial charge in [0, 0.05) is 12.2 Å². The summed E-state index contributed by atoms with van der Waals surface area (Å²) in [6.07, 6.45) is -0.708. The lowest BCUT2D eigenvalue weighted by molar-refractivity contribution is -0.158. The van der Waals surface area contributed by atoms with Gasteiger partial charge in [-0.05, 0) is 25.1 Å². The van der Waals surface area contributed by atoms with Gasteiger partial charge in [-0.25, -0.2) is 4.79 Å². The quantitative estimate of drug-likeness (QED) is 0.781. The van der Waals surface area contributed by atoms with Crippen LogP contribution in [0.4, 0.5) is 5.69 Å². The number of morpholine rings is 1. The fourth-order valence-electron chi connectivity index (χ4n) is 2.22. The highest BCUT2D eigenvalue weighted by Gasteiger charge is 2.31. The molecule has 0 aliphatic carbocycles. The molecule has 0 saturated carbocycles. The average molecular weight is 295 g/mol. The van der Waals surface area contributed by atoms with E-state index >= 15 is 0 Å². The molecule has 0 bridgehead atoms. The highest BCUT2D eigenvalue weighted by molar-refractivity contribution is 6.32. The van der Waals surface area contributed by atoms with Crippen molar-refractivity contribution in [3.63, 3.8) is 0 Å². The van der Waals surface area contributed by atoms with Crippen LogP contribution in [0.1, 0.15) is 12.5 Å². The first-order valence-corrected chi connectivity index (χ1v) is 6.61. The number of anilines is 1. The topological polar surface area (TPSA) is 62.6 Å². The molecule has 1 heterocycles. The zero-order valence-corrected chi connectivity index (χ0v) is 12.1. The van der Waals surface area contributed by atoms with E-state index in [2.05, 4.69) is 0 Å². The Morgan fingerprint density at radius 1 is 1.55 bits per heavy atom. The van der Waals surface area contributed by atoms with Gasteiger partial charge in [-0.3, -0.25) is 0 Å². The largest absolute Gasteiger partial charge is 0.467 e. The van der Waals surface area contributed by atoms with Crippen molar-refractivity contribution in [1.29, 1.82) is 5.26 Å². The first-order chi connectivity index (χ1) is 9.55. The van der Waals surface area contributed by atoms with E-state index in [1.165, 1.54) is 7.11 Å². The minimum Gasteiger partial charge on any atom is -0.467 e. The summed E-state index contributed by atoms with van der Waals surface area (Å²) < 4.78 is 10.3. The number of nitriles is 1. The molecule has 0 radical (unpaired) electrons. The molecule has 1 aromatic rings. The smallest absolute Gasteiger partial charge is 0.336 e. The van der Waals surface area contributed by atoms with E-state index in [4.69, 9.17) is 26.3 Å². The molecule has 1 aromatic carbocycles. The first kappa shape index (κ1) is 14.6. The molecule has 2 rings (SSSR count). The van der Waals surface area contributed by atoms with E-state index in [9.17, 15) is 4.79 Å². The van der Waals surface area contributed by atoms with Crippen LogP contribution in [-0.2, 0) is 14.3 Å². The first-order valence-electron chi connectivity index (χ1n) is 6.23. The highest BCUT2D eigenvalue weighted by Crippen LogP contribution is 2.26. The number of carbonyl (C=O) groups excluding carboxylic acids is 1. The molecule has 0 N–H and O–H groups in total. The monoisotopic (exact) mass is 294 g/mol. The molecular weight excluding hydrogens is 280 g/mol. The predicted octanol–water partition coefficient (Wildman–Crippen LogP) is 1.98. The Morgan fingerprint density at radius 3 is 2.90 bits per heavy atom. The number of esters is 1. The number of benzene rings is 1. The van der Waals surface area contributed by atoms with Gasteiger partial charge in [-0.2, -0.15) is 5.26 Å². The van der Waals surface area contributed by atoms with Crippen molar-refractivity contribution in [3.8, 4) is 6.07 Å². The molecule has 6 heteroatoms. The molecule has 0 amide bonds. The van der Waals surface area contributed by atoms with Crippen molar-refractivity contribution < 1.29 is 14.3 Å². The van der Waals surface area contributed by atoms with Crippen LogP contribution < -0.4 is 4.90 Å². The van der Waals surface area contributed by atoms with E-state index in [-0.39, 0.29) is 12.1 Å². The Hall–Kier alpha value is -1.77. The Balaban J connectivity index is 2.21. The standard InChI is InChI=1S/C14H15ClN2O3/c1-9-7-17(8-13(20-9)14(18)19-2)11-4-3-10(6-16)12(15)5-11/h3-5,9,13H,7-8H2,1-2H3/t9-,13+/m1/s1. The molecule has 1 fully saturated rings. The molecule has 5 nitrogen and oxygen atoms in total. The van der Waals surface area contributed by atoms with Gasteiger partial charge in [0.1, 0.15) is 6.07 Å². The molecular formula is C14H15ClN2O3. The third-order valence-electron chi connectivity index (χ3n) is 3.16. The van der Waals surface area contributed by atoms with E-state index in [1.807, 2.05) is 24.0 Å². The second-order valence-corrected chi connectivity index (χ2v) is 5.05. The maximum absolute atomic E-state index is 11.6. The summed E-state index contributed by atoms with van der Waals surface area (Å²) in [5, 5.41) is 9.28. The summed E-state index contributed by atoms with van der Waals surface area (Å²) in [5.74, 6) is -0.388. The minimum atomic E-state index is -0.613. The molecule has 0 unspecified atom stereocenters. The lowest BCUT2D eigenvalue weighted by Crippen LogP contribution is -2.50. The summed E-state index contributed by atoms with van der Waals surface area (Å²) in [7, 11) is 1.34. The van der Waals surface area contributed by atoms with Crippen LogP contribution in [0, 0.1) is 11.3 Å². The van der Waals surface area contributed by atoms with Crippen LogP contribution in [0.5, 0.6) is 0 Å². The van der Waals surface area contributed by atoms with Crippen molar-refractivity contribution in [2.75, 3.05) is 25.1 Å². The van der Waals surface area contributed by atoms with Crippen molar-refractivity contribution in [2.45, 2.75) is 19.1 Å². The van der Waals surface area contributed by atoms with Gasteiger partial charge in [0.15, 0.2) is 6.10 Å². The van der Waals surface area contributed by atoms with Crippen LogP contribution in [0.3, 0.4) is 0 Å². The third kappa shape index (κ3) is 3.03. The van der Waals surface area contributed by atoms with Crippen LogP contribution in [0.2, 0.25) is 5.02 Å². The van der Waals surface area contributed by atoms with E-state index in [0.29, 0.717) is 23.7 Å². The van der Waals surface area contributed by atoms with Gasteiger partial charge in [0.25, 0.3) is 0 Å². The van der Waals surface area contributed by atoms with Crippen LogP contribution >= 0.6 is 11.6 Å². The number of carbonyl (C=O) groups is 1. The second-order valence-electron chi connectivity index (χ2n) is 4.64. The molecule has 2 atom stereocenters. The number of rotatable bonds is 2. The number of hydrogen-bond acceptors (Lipinski definition) is 5. The lowest BCUT2D eigenvalue weighted by Gasteiger charge is -2.37. The molecule has 0 aromatic heterocycles. The fraction of sp³-hybridized carbons (Fsp3) is 0.429. The molecule has 1 aliphatic rings. The van der Waals surface area contributed by atoms with Crippen molar-refractivity contribution in [3.05, 3.63) is 28.8 Å². The summed E-state index contributed by atoms with van der Waals surface area (Å²) in [4.78, 5) is 13.6. The molecule has 1 saturated heterocycles. The van der Waals surface area contributed by atoms with E-state index < -0.39 is 6.10 Å². The van der Waals surface area contributed by atoms with Crippen LogP contribution in [0.25, 0.3) is 0 Å². The van der Waals surface area contributed by atoms with Crippen molar-refractivity contribution in [2.24, 2.45) is 0 Å². The maximum atomic E-state index is 11.6. The van der Waals surface area contributed by atoms with Gasteiger partial charge in [-0.1, -0.05) is 11.6 Å². The molecule has 20 heavy (non-hydrogen) atoms. The van der Waals surface area contributed by atoms with Gasteiger partial charge in [0.2, 0.25) is 0 Å². The Labute approximate surface area is 122 Å². The average Bonchev–Trinajstić information content (AvgIpc) is 2.45. The lowest BCUT2D eigenvalue weighted by atomic mass is 10.1. The highest BCUT2D eigenvalue weighted by atomic mass is 35.5. The Kier molecular flexibility index (Phi) is 4.48. The number of ether oxygens (including phenoxy) is 2. The third-order valence-corrected chi connectivity index (χ3v) is 3.48. The number of hydrogen-bond donors (Lipinski definition) is 0. The Morgan fingerprint density at radius 2 is 2.30 bits per heavy atom. The summed E-state index contributed by atoms with van der Waals surface area (Å²) in [6, 6.07) is 7.24. The zero-order chi connectivity index (χ0) is 14.7. The summed E-state index contributed by atoms with van der Waals surface area (Å²) >= 11 is 6.04. The SMILES string of the molecule is COC(=O)[C@@H]1CN(c2ccc(C#N)c(Cl)c2)C[C@@H](C)O1. The number of methoxy groups -OCH3 is 1. The van der Waals surface area contributed by atoms with Gasteiger partial charge >= 0.3 is 5.97 Å². The van der Waals surface area contributed by atoms with Gasteiger partial charge in [-0.15, -0.1) is 0 Å². The second kappa shape index (κ2) is 6.12. The van der Waals surface area contributed by atoms with Crippen molar-refractivity contribution in [1.82, 2.24) is 0 Å². The molecule has 0 spiro atoms. The minimum absolute atomic E-state index is 0.0951. The Bertz CT molecular complexity index is 556. The van der Waals surface area contributed by atoms with Crippen LogP contribution in [-0.4, -0.2) is 38.4 Å². The van der Waals surface area contributed by atoms with Crippen molar-refractivity contribution >= 4 is 23.3 Å². The molecule has 1 aliphatic heterocycles. The fourth-order valence-corrected chi connectivity index (χ4v) is 2.43. The van der Waals surface area contributed by atoms with Gasteiger partial charge in [0.05, 0.1) is 30.3 Å². The van der Waals surface area contributed by atoms with Gasteiger partial charge < -0.3 is 14.4 Å². The summed E-state index contributed by atoms with van der Waals surface area (Å²) in [5.41, 5.74) is 1.29. The normalized spacial score (nSPS) is 22.2. The van der Waals surface area contributed by atoms with E-state index in [0.717, 1.165) is 5.69 Å².